The van der Waals surface area contributed by atoms with Crippen LogP contribution in [0.5, 0.6) is 0 Å². The van der Waals surface area contributed by atoms with Gasteiger partial charge in [-0.05, 0) is 13.8 Å². The van der Waals surface area contributed by atoms with Crippen molar-refractivity contribution in [1.82, 2.24) is 14.8 Å². The summed E-state index contributed by atoms with van der Waals surface area (Å²) >= 11 is 1.62. The van der Waals surface area contributed by atoms with Crippen LogP contribution in [-0.2, 0) is 11.3 Å². The van der Waals surface area contributed by atoms with Gasteiger partial charge in [0.2, 0.25) is 0 Å². The lowest BCUT2D eigenvalue weighted by Gasteiger charge is -1.97. The molecule has 0 amide bonds. The zero-order valence-corrected chi connectivity index (χ0v) is 10.5. The standard InChI is InChI=1S/C11H13N3O2S/c1-3-16-11(15)9-4-13-14(6-9)7-10-5-12-8(2)17-10/h4-6H,3,7H2,1-2H3. The van der Waals surface area contributed by atoms with E-state index in [2.05, 4.69) is 10.1 Å². The number of carbonyl (C=O) groups excluding carboxylic acids is 1. The van der Waals surface area contributed by atoms with Crippen LogP contribution in [0.4, 0.5) is 0 Å². The van der Waals surface area contributed by atoms with Crippen molar-refractivity contribution in [3.05, 3.63) is 34.0 Å². The molecule has 2 aromatic heterocycles. The van der Waals surface area contributed by atoms with E-state index in [1.165, 1.54) is 6.20 Å². The van der Waals surface area contributed by atoms with Gasteiger partial charge in [0.15, 0.2) is 0 Å². The Kier molecular flexibility index (Phi) is 3.53. The van der Waals surface area contributed by atoms with Gasteiger partial charge in [-0.25, -0.2) is 9.78 Å². The predicted molar refractivity (Wildman–Crippen MR) is 64.1 cm³/mol. The fourth-order valence-corrected chi connectivity index (χ4v) is 2.20. The van der Waals surface area contributed by atoms with E-state index in [9.17, 15) is 4.79 Å². The molecule has 0 bridgehead atoms. The molecule has 0 atom stereocenters. The van der Waals surface area contributed by atoms with Gasteiger partial charge >= 0.3 is 5.97 Å². The number of aromatic nitrogens is 3. The number of thiazole rings is 1. The average molecular weight is 251 g/mol. The molecule has 0 aliphatic rings. The first-order valence-corrected chi connectivity index (χ1v) is 6.11. The lowest BCUT2D eigenvalue weighted by Crippen LogP contribution is -2.03. The molecule has 0 fully saturated rings. The minimum Gasteiger partial charge on any atom is -0.462 e. The fourth-order valence-electron chi connectivity index (χ4n) is 1.41. The molecule has 5 nitrogen and oxygen atoms in total. The molecule has 0 aliphatic heterocycles. The molecule has 17 heavy (non-hydrogen) atoms. The van der Waals surface area contributed by atoms with Gasteiger partial charge in [0.05, 0.1) is 29.9 Å². The number of ether oxygens (including phenoxy) is 1. The first-order chi connectivity index (χ1) is 8.19. The van der Waals surface area contributed by atoms with Crippen molar-refractivity contribution in [1.29, 1.82) is 0 Å². The maximum absolute atomic E-state index is 11.4. The van der Waals surface area contributed by atoms with E-state index in [0.717, 1.165) is 9.88 Å². The second kappa shape index (κ2) is 5.09. The number of rotatable bonds is 4. The second-order valence-corrected chi connectivity index (χ2v) is 4.81. The zero-order chi connectivity index (χ0) is 12.3. The second-order valence-electron chi connectivity index (χ2n) is 3.49. The third-order valence-electron chi connectivity index (χ3n) is 2.13. The lowest BCUT2D eigenvalue weighted by atomic mass is 10.4. The summed E-state index contributed by atoms with van der Waals surface area (Å²) in [6.45, 7) is 4.74. The molecule has 0 radical (unpaired) electrons. The van der Waals surface area contributed by atoms with Crippen LogP contribution in [0.2, 0.25) is 0 Å². The van der Waals surface area contributed by atoms with Crippen molar-refractivity contribution in [3.8, 4) is 0 Å². The van der Waals surface area contributed by atoms with Crippen molar-refractivity contribution >= 4 is 17.3 Å². The SMILES string of the molecule is CCOC(=O)c1cnn(Cc2cnc(C)s2)c1. The summed E-state index contributed by atoms with van der Waals surface area (Å²) in [4.78, 5) is 16.7. The zero-order valence-electron chi connectivity index (χ0n) is 9.71. The third kappa shape index (κ3) is 2.91. The van der Waals surface area contributed by atoms with Gasteiger partial charge in [-0.15, -0.1) is 11.3 Å². The Morgan fingerprint density at radius 2 is 2.35 bits per heavy atom. The number of esters is 1. The average Bonchev–Trinajstić information content (AvgIpc) is 2.89. The summed E-state index contributed by atoms with van der Waals surface area (Å²) < 4.78 is 6.60. The highest BCUT2D eigenvalue weighted by molar-refractivity contribution is 7.11. The van der Waals surface area contributed by atoms with Crippen molar-refractivity contribution < 1.29 is 9.53 Å². The number of carbonyl (C=O) groups is 1. The van der Waals surface area contributed by atoms with E-state index in [4.69, 9.17) is 4.74 Å². The van der Waals surface area contributed by atoms with Crippen LogP contribution in [-0.4, -0.2) is 27.3 Å². The van der Waals surface area contributed by atoms with Crippen LogP contribution < -0.4 is 0 Å². The van der Waals surface area contributed by atoms with Gasteiger partial charge in [-0.1, -0.05) is 0 Å². The van der Waals surface area contributed by atoms with Gasteiger partial charge in [-0.3, -0.25) is 4.68 Å². The van der Waals surface area contributed by atoms with E-state index in [-0.39, 0.29) is 5.97 Å². The maximum atomic E-state index is 11.4. The highest BCUT2D eigenvalue weighted by atomic mass is 32.1. The summed E-state index contributed by atoms with van der Waals surface area (Å²) in [5.74, 6) is -0.334. The van der Waals surface area contributed by atoms with Crippen LogP contribution in [0.25, 0.3) is 0 Å². The highest BCUT2D eigenvalue weighted by Crippen LogP contribution is 2.13. The monoisotopic (exact) mass is 251 g/mol. The predicted octanol–water partition coefficient (Wildman–Crippen LogP) is 1.87. The van der Waals surface area contributed by atoms with E-state index >= 15 is 0 Å². The van der Waals surface area contributed by atoms with E-state index in [1.54, 1.807) is 29.1 Å². The number of nitrogens with zero attached hydrogens (tertiary/aromatic N) is 3. The summed E-state index contributed by atoms with van der Waals surface area (Å²) in [5, 5.41) is 5.14. The minimum atomic E-state index is -0.334. The van der Waals surface area contributed by atoms with E-state index in [1.807, 2.05) is 13.1 Å². The molecule has 0 unspecified atom stereocenters. The third-order valence-corrected chi connectivity index (χ3v) is 3.03. The molecule has 6 heteroatoms. The van der Waals surface area contributed by atoms with Gasteiger partial charge < -0.3 is 4.74 Å². The molecular formula is C11H13N3O2S. The van der Waals surface area contributed by atoms with Crippen LogP contribution in [0.1, 0.15) is 27.2 Å². The topological polar surface area (TPSA) is 57.0 Å². The van der Waals surface area contributed by atoms with Crippen molar-refractivity contribution in [3.63, 3.8) is 0 Å². The molecule has 0 aromatic carbocycles. The fraction of sp³-hybridized carbons (Fsp3) is 0.364. The van der Waals surface area contributed by atoms with Crippen LogP contribution in [0.15, 0.2) is 18.6 Å². The quantitative estimate of drug-likeness (QED) is 0.778. The number of hydrogen-bond donors (Lipinski definition) is 0. The largest absolute Gasteiger partial charge is 0.462 e. The molecule has 0 saturated carbocycles. The van der Waals surface area contributed by atoms with Crippen molar-refractivity contribution in [2.45, 2.75) is 20.4 Å². The van der Waals surface area contributed by atoms with Gasteiger partial charge in [0.1, 0.15) is 0 Å². The molecule has 2 rings (SSSR count). The summed E-state index contributed by atoms with van der Waals surface area (Å²) in [5.41, 5.74) is 0.480. The Labute approximate surface area is 103 Å². The first kappa shape index (κ1) is 11.8. The summed E-state index contributed by atoms with van der Waals surface area (Å²) in [6.07, 6.45) is 5.03. The normalized spacial score (nSPS) is 10.5. The smallest absolute Gasteiger partial charge is 0.341 e. The Hall–Kier alpha value is -1.69. The number of aryl methyl sites for hydroxylation is 1. The molecule has 2 heterocycles. The molecule has 0 saturated heterocycles. The van der Waals surface area contributed by atoms with Crippen LogP contribution in [0, 0.1) is 6.92 Å². The Morgan fingerprint density at radius 3 is 3.00 bits per heavy atom. The molecule has 0 spiro atoms. The highest BCUT2D eigenvalue weighted by Gasteiger charge is 2.09. The Morgan fingerprint density at radius 1 is 1.53 bits per heavy atom. The van der Waals surface area contributed by atoms with Crippen LogP contribution >= 0.6 is 11.3 Å². The van der Waals surface area contributed by atoms with Gasteiger partial charge in [0, 0.05) is 17.3 Å². The lowest BCUT2D eigenvalue weighted by molar-refractivity contribution is 0.0526. The number of hydrogen-bond acceptors (Lipinski definition) is 5. The van der Waals surface area contributed by atoms with Gasteiger partial charge in [-0.2, -0.15) is 5.10 Å². The molecule has 0 aliphatic carbocycles. The van der Waals surface area contributed by atoms with Crippen LogP contribution in [0.3, 0.4) is 0 Å². The van der Waals surface area contributed by atoms with Crippen molar-refractivity contribution in [2.24, 2.45) is 0 Å². The summed E-state index contributed by atoms with van der Waals surface area (Å²) in [6, 6.07) is 0. The van der Waals surface area contributed by atoms with E-state index < -0.39 is 0 Å². The minimum absolute atomic E-state index is 0.334. The Bertz CT molecular complexity index is 518. The molecule has 0 N–H and O–H groups in total. The Balaban J connectivity index is 2.06. The van der Waals surface area contributed by atoms with E-state index in [0.29, 0.717) is 18.7 Å². The van der Waals surface area contributed by atoms with Crippen molar-refractivity contribution in [2.75, 3.05) is 6.61 Å². The molecular weight excluding hydrogens is 238 g/mol. The first-order valence-electron chi connectivity index (χ1n) is 5.30. The summed E-state index contributed by atoms with van der Waals surface area (Å²) in [7, 11) is 0. The van der Waals surface area contributed by atoms with Gasteiger partial charge in [0.25, 0.3) is 0 Å². The maximum Gasteiger partial charge on any atom is 0.341 e. The molecule has 2 aromatic rings. The molecule has 90 valence electrons.